The Morgan fingerprint density at radius 1 is 1.07 bits per heavy atom. The first-order valence-corrected chi connectivity index (χ1v) is 13.7. The maximum Gasteiger partial charge on any atom is 0.246 e. The second kappa shape index (κ2) is 12.8. The minimum absolute atomic E-state index is 0.0389. The number of nitrogens with zero attached hydrogens (tertiary/aromatic N) is 4. The molecule has 214 valence electrons. The van der Waals surface area contributed by atoms with Gasteiger partial charge in [-0.1, -0.05) is 45.0 Å². The van der Waals surface area contributed by atoms with E-state index in [1.807, 2.05) is 22.9 Å². The molecule has 1 unspecified atom stereocenters. The fourth-order valence-corrected chi connectivity index (χ4v) is 4.51. The third kappa shape index (κ3) is 7.58. The Hall–Kier alpha value is -4.50. The average Bonchev–Trinajstić information content (AvgIpc) is 3.38. The van der Waals surface area contributed by atoms with E-state index >= 15 is 0 Å². The van der Waals surface area contributed by atoms with Crippen LogP contribution in [0.3, 0.4) is 0 Å². The van der Waals surface area contributed by atoms with E-state index < -0.39 is 11.9 Å². The van der Waals surface area contributed by atoms with Crippen LogP contribution in [0.1, 0.15) is 45.2 Å². The van der Waals surface area contributed by atoms with Crippen LogP contribution >= 0.6 is 0 Å². The van der Waals surface area contributed by atoms with E-state index in [4.69, 9.17) is 10.8 Å². The van der Waals surface area contributed by atoms with Gasteiger partial charge in [-0.3, -0.25) is 19.5 Å². The molecule has 41 heavy (non-hydrogen) atoms. The van der Waals surface area contributed by atoms with Gasteiger partial charge >= 0.3 is 0 Å². The van der Waals surface area contributed by atoms with Crippen LogP contribution in [0.4, 0.5) is 5.82 Å². The summed E-state index contributed by atoms with van der Waals surface area (Å²) in [7, 11) is 0. The van der Waals surface area contributed by atoms with Crippen LogP contribution in [-0.4, -0.2) is 55.7 Å². The molecule has 4 rings (SSSR count). The van der Waals surface area contributed by atoms with Crippen LogP contribution in [0, 0.1) is 0 Å². The number of phenols is 1. The van der Waals surface area contributed by atoms with Crippen LogP contribution in [-0.2, 0) is 21.4 Å². The zero-order valence-corrected chi connectivity index (χ0v) is 24.0. The lowest BCUT2D eigenvalue weighted by Gasteiger charge is -2.23. The SMILES string of the molecule is CC(=O)N(CCCNc1cc(-c2cccnc2)nn1-c1ccc(C(C)(C)C)cc1)C(=O)C(N)Cc1ccc(O)cc1. The summed E-state index contributed by atoms with van der Waals surface area (Å²) < 4.78 is 1.86. The van der Waals surface area contributed by atoms with Gasteiger partial charge in [-0.2, -0.15) is 5.10 Å². The minimum atomic E-state index is -0.865. The molecule has 0 radical (unpaired) electrons. The highest BCUT2D eigenvalue weighted by molar-refractivity contribution is 5.96. The van der Waals surface area contributed by atoms with Crippen LogP contribution in [0.15, 0.2) is 79.1 Å². The number of aromatic nitrogens is 3. The molecule has 4 N–H and O–H groups in total. The maximum atomic E-state index is 13.0. The highest BCUT2D eigenvalue weighted by Gasteiger charge is 2.24. The van der Waals surface area contributed by atoms with E-state index in [-0.39, 0.29) is 30.0 Å². The first kappa shape index (κ1) is 29.5. The van der Waals surface area contributed by atoms with E-state index in [1.54, 1.807) is 36.7 Å². The number of carbonyl (C=O) groups excluding carboxylic acids is 2. The number of amides is 2. The maximum absolute atomic E-state index is 13.0. The molecule has 0 aliphatic carbocycles. The van der Waals surface area contributed by atoms with E-state index in [0.29, 0.717) is 13.0 Å². The number of benzene rings is 2. The van der Waals surface area contributed by atoms with Crippen molar-refractivity contribution in [3.05, 3.63) is 90.3 Å². The van der Waals surface area contributed by atoms with Gasteiger partial charge in [-0.05, 0) is 65.8 Å². The van der Waals surface area contributed by atoms with Crippen molar-refractivity contribution in [2.75, 3.05) is 18.4 Å². The molecule has 0 saturated carbocycles. The van der Waals surface area contributed by atoms with Crippen molar-refractivity contribution >= 4 is 17.6 Å². The highest BCUT2D eigenvalue weighted by atomic mass is 16.3. The number of nitrogens with two attached hydrogens (primary N) is 1. The Bertz CT molecular complexity index is 1460. The molecule has 2 amide bonds. The Morgan fingerprint density at radius 3 is 2.39 bits per heavy atom. The lowest BCUT2D eigenvalue weighted by molar-refractivity contribution is -0.144. The van der Waals surface area contributed by atoms with Crippen molar-refractivity contribution in [1.82, 2.24) is 19.7 Å². The zero-order valence-electron chi connectivity index (χ0n) is 24.0. The van der Waals surface area contributed by atoms with Crippen molar-refractivity contribution in [2.45, 2.75) is 52.0 Å². The number of imide groups is 1. The van der Waals surface area contributed by atoms with E-state index in [9.17, 15) is 14.7 Å². The largest absolute Gasteiger partial charge is 0.508 e. The number of rotatable bonds is 10. The van der Waals surface area contributed by atoms with Crippen molar-refractivity contribution < 1.29 is 14.7 Å². The number of phenolic OH excluding ortho intramolecular Hbond substituents is 1. The molecule has 2 aromatic carbocycles. The lowest BCUT2D eigenvalue weighted by Crippen LogP contribution is -2.47. The molecular formula is C32H38N6O3. The fourth-order valence-electron chi connectivity index (χ4n) is 4.51. The van der Waals surface area contributed by atoms with E-state index in [2.05, 4.69) is 55.3 Å². The molecule has 1 atom stereocenters. The predicted octanol–water partition coefficient (Wildman–Crippen LogP) is 4.68. The summed E-state index contributed by atoms with van der Waals surface area (Å²) in [6, 6.07) is 19.8. The summed E-state index contributed by atoms with van der Waals surface area (Å²) >= 11 is 0. The second-order valence-electron chi connectivity index (χ2n) is 11.1. The van der Waals surface area contributed by atoms with Crippen molar-refractivity contribution in [2.24, 2.45) is 5.73 Å². The van der Waals surface area contributed by atoms with Crippen LogP contribution in [0.5, 0.6) is 5.75 Å². The third-order valence-corrected chi connectivity index (χ3v) is 6.86. The Kier molecular flexibility index (Phi) is 9.19. The van der Waals surface area contributed by atoms with Gasteiger partial charge < -0.3 is 16.2 Å². The summed E-state index contributed by atoms with van der Waals surface area (Å²) in [6.45, 7) is 8.64. The number of hydrogen-bond donors (Lipinski definition) is 3. The van der Waals surface area contributed by atoms with Crippen molar-refractivity contribution in [3.63, 3.8) is 0 Å². The highest BCUT2D eigenvalue weighted by Crippen LogP contribution is 2.27. The fraction of sp³-hybridized carbons (Fsp3) is 0.312. The molecule has 2 aromatic heterocycles. The smallest absolute Gasteiger partial charge is 0.246 e. The average molecular weight is 555 g/mol. The molecular weight excluding hydrogens is 516 g/mol. The van der Waals surface area contributed by atoms with Crippen molar-refractivity contribution in [1.29, 1.82) is 0 Å². The monoisotopic (exact) mass is 554 g/mol. The summed E-state index contributed by atoms with van der Waals surface area (Å²) in [6.07, 6.45) is 4.29. The van der Waals surface area contributed by atoms with Gasteiger partial charge in [0.25, 0.3) is 0 Å². The predicted molar refractivity (Wildman–Crippen MR) is 161 cm³/mol. The molecule has 0 aliphatic rings. The number of carbonyl (C=O) groups is 2. The third-order valence-electron chi connectivity index (χ3n) is 6.86. The topological polar surface area (TPSA) is 126 Å². The number of nitrogens with one attached hydrogen (secondary N) is 1. The Labute approximate surface area is 241 Å². The van der Waals surface area contributed by atoms with E-state index in [0.717, 1.165) is 28.3 Å². The van der Waals surface area contributed by atoms with Crippen LogP contribution in [0.25, 0.3) is 16.9 Å². The van der Waals surface area contributed by atoms with Gasteiger partial charge in [0.05, 0.1) is 17.4 Å². The van der Waals surface area contributed by atoms with Gasteiger partial charge in [-0.15, -0.1) is 0 Å². The molecule has 4 aromatic rings. The van der Waals surface area contributed by atoms with Crippen LogP contribution in [0.2, 0.25) is 0 Å². The first-order valence-electron chi connectivity index (χ1n) is 13.7. The molecule has 0 saturated heterocycles. The molecule has 0 bridgehead atoms. The summed E-state index contributed by atoms with van der Waals surface area (Å²) in [4.78, 5) is 30.8. The summed E-state index contributed by atoms with van der Waals surface area (Å²) in [5.74, 6) is 0.159. The molecule has 9 heteroatoms. The minimum Gasteiger partial charge on any atom is -0.508 e. The Balaban J connectivity index is 1.45. The van der Waals surface area contributed by atoms with Crippen molar-refractivity contribution in [3.8, 4) is 22.7 Å². The number of anilines is 1. The van der Waals surface area contributed by atoms with Gasteiger partial charge in [0, 0.05) is 44.0 Å². The molecule has 9 nitrogen and oxygen atoms in total. The molecule has 2 heterocycles. The molecule has 0 spiro atoms. The van der Waals surface area contributed by atoms with Gasteiger partial charge in [0.2, 0.25) is 11.8 Å². The van der Waals surface area contributed by atoms with Gasteiger partial charge in [-0.25, -0.2) is 4.68 Å². The molecule has 0 fully saturated rings. The molecule has 0 aliphatic heterocycles. The number of hydrogen-bond acceptors (Lipinski definition) is 7. The van der Waals surface area contributed by atoms with Gasteiger partial charge in [0.1, 0.15) is 11.6 Å². The normalized spacial score (nSPS) is 12.1. The summed E-state index contributed by atoms with van der Waals surface area (Å²) in [5.41, 5.74) is 10.8. The van der Waals surface area contributed by atoms with E-state index in [1.165, 1.54) is 17.4 Å². The van der Waals surface area contributed by atoms with Crippen LogP contribution < -0.4 is 11.1 Å². The lowest BCUT2D eigenvalue weighted by atomic mass is 9.87. The number of pyridine rings is 1. The Morgan fingerprint density at radius 2 is 1.78 bits per heavy atom. The standard InChI is InChI=1S/C32H38N6O3/c1-22(39)37(31(41)28(33)19-23-8-14-27(40)15-9-23)18-6-17-35-30-20-29(24-7-5-16-34-21-24)36-38(30)26-12-10-25(11-13-26)32(2,3)4/h5,7-16,20-21,28,35,40H,6,17-19,33H2,1-4H3. The second-order valence-corrected chi connectivity index (χ2v) is 11.1. The quantitative estimate of drug-likeness (QED) is 0.243. The first-order chi connectivity index (χ1) is 19.5. The number of aromatic hydroxyl groups is 1. The summed E-state index contributed by atoms with van der Waals surface area (Å²) in [5, 5.41) is 17.8. The zero-order chi connectivity index (χ0) is 29.6. The van der Waals surface area contributed by atoms with Gasteiger partial charge in [0.15, 0.2) is 0 Å².